The smallest absolute Gasteiger partial charge is 0.0215 e. The summed E-state index contributed by atoms with van der Waals surface area (Å²) in [4.78, 5) is 0. The molecule has 0 heterocycles. The van der Waals surface area contributed by atoms with Gasteiger partial charge in [0.25, 0.3) is 0 Å². The predicted octanol–water partition coefficient (Wildman–Crippen LogP) is 4.55. The zero-order chi connectivity index (χ0) is 8.85. The first kappa shape index (κ1) is 11.2. The summed E-state index contributed by atoms with van der Waals surface area (Å²) in [5, 5.41) is 0. The minimum atomic E-state index is 1.11. The number of benzene rings is 1. The van der Waals surface area contributed by atoms with Crippen LogP contribution in [0.3, 0.4) is 0 Å². The molecule has 0 nitrogen and oxygen atoms in total. The van der Waals surface area contributed by atoms with Crippen LogP contribution in [0.2, 0.25) is 0 Å². The van der Waals surface area contributed by atoms with E-state index in [1.54, 1.807) is 0 Å². The highest BCUT2D eigenvalue weighted by atomic mass is 79.9. The van der Waals surface area contributed by atoms with Gasteiger partial charge in [0.2, 0.25) is 0 Å². The van der Waals surface area contributed by atoms with Crippen molar-refractivity contribution >= 4 is 31.9 Å². The Labute approximate surface area is 85.3 Å². The van der Waals surface area contributed by atoms with Crippen LogP contribution >= 0.6 is 31.9 Å². The molecule has 0 spiro atoms. The maximum Gasteiger partial charge on any atom is 0.0215 e. The molecule has 1 aromatic rings. The lowest BCUT2D eigenvalue weighted by Crippen LogP contribution is -1.72. The third-order valence-corrected chi connectivity index (χ3v) is 2.48. The minimum Gasteiger partial charge on any atom is -0.0683 e. The first-order valence-electron chi connectivity index (χ1n) is 3.62. The van der Waals surface area contributed by atoms with Gasteiger partial charge in [-0.25, -0.2) is 0 Å². The number of aryl methyl sites for hydroxylation is 1. The first-order chi connectivity index (χ1) is 5.20. The summed E-state index contributed by atoms with van der Waals surface area (Å²) >= 11 is 6.78. The molecule has 0 aromatic heterocycles. The van der Waals surface area contributed by atoms with Crippen molar-refractivity contribution in [3.8, 4) is 0 Å². The molecule has 62 valence electrons. The van der Waals surface area contributed by atoms with Gasteiger partial charge < -0.3 is 0 Å². The Morgan fingerprint density at radius 3 is 2.00 bits per heavy atom. The van der Waals surface area contributed by atoms with E-state index in [0.29, 0.717) is 0 Å². The molecule has 0 aliphatic rings. The number of rotatable bonds is 0. The van der Waals surface area contributed by atoms with Gasteiger partial charge in [-0.05, 0) is 24.6 Å². The zero-order valence-corrected chi connectivity index (χ0v) is 10.2. The summed E-state index contributed by atoms with van der Waals surface area (Å²) < 4.78 is 2.26. The third kappa shape index (κ3) is 3.92. The Morgan fingerprint density at radius 2 is 1.64 bits per heavy atom. The van der Waals surface area contributed by atoms with Gasteiger partial charge in [-0.3, -0.25) is 0 Å². The third-order valence-electron chi connectivity index (χ3n) is 1.13. The highest BCUT2D eigenvalue weighted by Gasteiger charge is 1.92. The molecule has 11 heavy (non-hydrogen) atoms. The average molecular weight is 280 g/mol. The Hall–Kier alpha value is 0.180. The summed E-state index contributed by atoms with van der Waals surface area (Å²) in [6.45, 7) is 6.07. The molecule has 0 bridgehead atoms. The maximum atomic E-state index is 3.42. The fraction of sp³-hybridized carbons (Fsp3) is 0.333. The summed E-state index contributed by atoms with van der Waals surface area (Å²) in [6, 6.07) is 6.13. The molecular formula is C9H12Br2. The van der Waals surface area contributed by atoms with Gasteiger partial charge in [-0.15, -0.1) is 0 Å². The normalized spacial score (nSPS) is 8.45. The van der Waals surface area contributed by atoms with Crippen LogP contribution in [0.4, 0.5) is 0 Å². The van der Waals surface area contributed by atoms with E-state index >= 15 is 0 Å². The van der Waals surface area contributed by atoms with E-state index in [1.807, 2.05) is 26.0 Å². The summed E-state index contributed by atoms with van der Waals surface area (Å²) in [7, 11) is 0. The first-order valence-corrected chi connectivity index (χ1v) is 5.20. The largest absolute Gasteiger partial charge is 0.0683 e. The molecule has 0 N–H and O–H groups in total. The Bertz CT molecular complexity index is 219. The lowest BCUT2D eigenvalue weighted by Gasteiger charge is -1.95. The Balaban J connectivity index is 0.000000461. The van der Waals surface area contributed by atoms with E-state index < -0.39 is 0 Å². The van der Waals surface area contributed by atoms with Crippen LogP contribution in [-0.2, 0) is 0 Å². The molecule has 0 atom stereocenters. The van der Waals surface area contributed by atoms with Crippen molar-refractivity contribution in [2.45, 2.75) is 20.8 Å². The molecule has 0 aliphatic carbocycles. The molecule has 0 saturated heterocycles. The van der Waals surface area contributed by atoms with Crippen LogP contribution < -0.4 is 0 Å². The van der Waals surface area contributed by atoms with E-state index in [4.69, 9.17) is 0 Å². The van der Waals surface area contributed by atoms with Crippen molar-refractivity contribution in [3.05, 3.63) is 32.7 Å². The van der Waals surface area contributed by atoms with Crippen molar-refractivity contribution in [1.29, 1.82) is 0 Å². The number of hydrogen-bond donors (Lipinski definition) is 0. The standard InChI is InChI=1S/C7H6Br2.C2H6/c1-5-2-3-6(8)4-7(5)9;1-2/h2-4H,1H3;1-2H3. The quantitative estimate of drug-likeness (QED) is 0.654. The van der Waals surface area contributed by atoms with E-state index in [0.717, 1.165) is 8.95 Å². The van der Waals surface area contributed by atoms with Crippen LogP contribution in [0, 0.1) is 6.92 Å². The van der Waals surface area contributed by atoms with Gasteiger partial charge in [0.15, 0.2) is 0 Å². The van der Waals surface area contributed by atoms with Crippen molar-refractivity contribution < 1.29 is 0 Å². The lowest BCUT2D eigenvalue weighted by molar-refractivity contribution is 1.42. The van der Waals surface area contributed by atoms with Crippen LogP contribution in [0.15, 0.2) is 27.1 Å². The summed E-state index contributed by atoms with van der Waals surface area (Å²) in [6.07, 6.45) is 0. The van der Waals surface area contributed by atoms with Gasteiger partial charge in [0.05, 0.1) is 0 Å². The van der Waals surface area contributed by atoms with Crippen LogP contribution in [-0.4, -0.2) is 0 Å². The minimum absolute atomic E-state index is 1.11. The molecule has 0 radical (unpaired) electrons. The molecule has 1 rings (SSSR count). The molecule has 0 saturated carbocycles. The summed E-state index contributed by atoms with van der Waals surface area (Å²) in [5.74, 6) is 0. The fourth-order valence-corrected chi connectivity index (χ4v) is 1.61. The van der Waals surface area contributed by atoms with E-state index in [9.17, 15) is 0 Å². The van der Waals surface area contributed by atoms with Crippen molar-refractivity contribution in [1.82, 2.24) is 0 Å². The second-order valence-corrected chi connectivity index (χ2v) is 3.66. The van der Waals surface area contributed by atoms with E-state index in [1.165, 1.54) is 5.56 Å². The molecule has 0 amide bonds. The molecular weight excluding hydrogens is 268 g/mol. The van der Waals surface area contributed by atoms with Crippen molar-refractivity contribution in [2.24, 2.45) is 0 Å². The topological polar surface area (TPSA) is 0 Å². The molecule has 2 heteroatoms. The predicted molar refractivity (Wildman–Crippen MR) is 57.9 cm³/mol. The van der Waals surface area contributed by atoms with Gasteiger partial charge in [-0.2, -0.15) is 0 Å². The lowest BCUT2D eigenvalue weighted by atomic mass is 10.2. The maximum absolute atomic E-state index is 3.42. The average Bonchev–Trinajstić information content (AvgIpc) is 2.02. The van der Waals surface area contributed by atoms with Gasteiger partial charge in [-0.1, -0.05) is 51.8 Å². The SMILES string of the molecule is CC.Cc1ccc(Br)cc1Br. The van der Waals surface area contributed by atoms with Gasteiger partial charge in [0, 0.05) is 8.95 Å². The van der Waals surface area contributed by atoms with Crippen molar-refractivity contribution in [2.75, 3.05) is 0 Å². The van der Waals surface area contributed by atoms with Crippen LogP contribution in [0.1, 0.15) is 19.4 Å². The zero-order valence-electron chi connectivity index (χ0n) is 6.99. The highest BCUT2D eigenvalue weighted by molar-refractivity contribution is 9.11. The summed E-state index contributed by atoms with van der Waals surface area (Å²) in [5.41, 5.74) is 1.26. The molecule has 1 aromatic carbocycles. The monoisotopic (exact) mass is 278 g/mol. The second kappa shape index (κ2) is 5.78. The van der Waals surface area contributed by atoms with E-state index in [2.05, 4.69) is 44.8 Å². The van der Waals surface area contributed by atoms with Crippen molar-refractivity contribution in [3.63, 3.8) is 0 Å². The van der Waals surface area contributed by atoms with Crippen LogP contribution in [0.5, 0.6) is 0 Å². The van der Waals surface area contributed by atoms with Crippen LogP contribution in [0.25, 0.3) is 0 Å². The van der Waals surface area contributed by atoms with E-state index in [-0.39, 0.29) is 0 Å². The Morgan fingerprint density at radius 1 is 1.09 bits per heavy atom. The highest BCUT2D eigenvalue weighted by Crippen LogP contribution is 2.20. The van der Waals surface area contributed by atoms with Gasteiger partial charge in [0.1, 0.15) is 0 Å². The number of hydrogen-bond acceptors (Lipinski definition) is 0. The molecule has 0 aliphatic heterocycles. The molecule has 0 unspecified atom stereocenters. The number of halogens is 2. The fourth-order valence-electron chi connectivity index (χ4n) is 0.567. The molecule has 0 fully saturated rings. The second-order valence-electron chi connectivity index (χ2n) is 1.89. The van der Waals surface area contributed by atoms with Gasteiger partial charge >= 0.3 is 0 Å². The Kier molecular flexibility index (Phi) is 5.88.